The lowest BCUT2D eigenvalue weighted by Crippen LogP contribution is -2.33. The Bertz CT molecular complexity index is 531. The third-order valence-electron chi connectivity index (χ3n) is 4.36. The minimum atomic E-state index is 0. The summed E-state index contributed by atoms with van der Waals surface area (Å²) < 4.78 is 0. The van der Waals surface area contributed by atoms with Gasteiger partial charge in [0.05, 0.1) is 6.42 Å². The van der Waals surface area contributed by atoms with Gasteiger partial charge in [-0.15, -0.1) is 12.4 Å². The topological polar surface area (TPSA) is 46.3 Å². The van der Waals surface area contributed by atoms with E-state index in [1.165, 1.54) is 11.1 Å². The monoisotopic (exact) mass is 338 g/mol. The van der Waals surface area contributed by atoms with Crippen LogP contribution in [0.2, 0.25) is 0 Å². The number of hydrogen-bond donors (Lipinski definition) is 1. The van der Waals surface area contributed by atoms with Crippen molar-refractivity contribution < 1.29 is 4.79 Å². The maximum Gasteiger partial charge on any atom is 0.227 e. The number of aryl methyl sites for hydroxylation is 2. The van der Waals surface area contributed by atoms with E-state index >= 15 is 0 Å². The summed E-state index contributed by atoms with van der Waals surface area (Å²) >= 11 is 0. The Morgan fingerprint density at radius 1 is 1.17 bits per heavy atom. The van der Waals surface area contributed by atoms with Gasteiger partial charge in [0.2, 0.25) is 5.91 Å². The molecular weight excluding hydrogens is 308 g/mol. The van der Waals surface area contributed by atoms with Crippen molar-refractivity contribution >= 4 is 18.3 Å². The maximum atomic E-state index is 12.6. The molecule has 1 aromatic carbocycles. The highest BCUT2D eigenvalue weighted by Crippen LogP contribution is 2.30. The fourth-order valence-electron chi connectivity index (χ4n) is 3.56. The number of hydrogen-bond acceptors (Lipinski definition) is 2. The van der Waals surface area contributed by atoms with Gasteiger partial charge in [0.25, 0.3) is 0 Å². The molecule has 0 saturated carbocycles. The summed E-state index contributed by atoms with van der Waals surface area (Å²) in [6.07, 6.45) is 1.55. The van der Waals surface area contributed by atoms with Crippen molar-refractivity contribution in [2.75, 3.05) is 13.1 Å². The van der Waals surface area contributed by atoms with E-state index in [0.29, 0.717) is 18.9 Å². The predicted molar refractivity (Wildman–Crippen MR) is 99.0 cm³/mol. The van der Waals surface area contributed by atoms with Crippen LogP contribution < -0.4 is 5.73 Å². The lowest BCUT2D eigenvalue weighted by Gasteiger charge is -2.24. The molecule has 0 bridgehead atoms. The highest BCUT2D eigenvalue weighted by atomic mass is 35.5. The van der Waals surface area contributed by atoms with Crippen LogP contribution in [-0.4, -0.2) is 29.9 Å². The number of carbonyl (C=O) groups is 1. The Kier molecular flexibility index (Phi) is 6.67. The number of carbonyl (C=O) groups excluding carboxylic acids is 1. The quantitative estimate of drug-likeness (QED) is 0.917. The van der Waals surface area contributed by atoms with E-state index in [-0.39, 0.29) is 29.8 Å². The van der Waals surface area contributed by atoms with Crippen LogP contribution >= 0.6 is 12.4 Å². The van der Waals surface area contributed by atoms with E-state index in [4.69, 9.17) is 5.73 Å². The average Bonchev–Trinajstić information content (AvgIpc) is 2.67. The SMILES string of the molecule is Cc1cc(C)cc(CC(=O)N2C[C@@H](CC(C)(C)C)[C@H](N)C2)c1.Cl. The molecule has 23 heavy (non-hydrogen) atoms. The van der Waals surface area contributed by atoms with Crippen molar-refractivity contribution in [2.24, 2.45) is 17.1 Å². The first-order valence-electron chi connectivity index (χ1n) is 8.24. The predicted octanol–water partition coefficient (Wildman–Crippen LogP) is 3.49. The third-order valence-corrected chi connectivity index (χ3v) is 4.36. The fraction of sp³-hybridized carbons (Fsp3) is 0.632. The number of nitrogens with two attached hydrogens (primary N) is 1. The molecule has 4 heteroatoms. The van der Waals surface area contributed by atoms with Crippen LogP contribution in [0.1, 0.15) is 43.9 Å². The number of amides is 1. The molecule has 130 valence electrons. The summed E-state index contributed by atoms with van der Waals surface area (Å²) in [7, 11) is 0. The first kappa shape index (κ1) is 20.0. The van der Waals surface area contributed by atoms with Gasteiger partial charge < -0.3 is 10.6 Å². The van der Waals surface area contributed by atoms with E-state index in [2.05, 4.69) is 52.8 Å². The van der Waals surface area contributed by atoms with Crippen molar-refractivity contribution in [1.82, 2.24) is 4.90 Å². The Balaban J connectivity index is 0.00000264. The standard InChI is InChI=1S/C19H30N2O.ClH/c1-13-6-14(2)8-15(7-13)9-18(22)21-11-16(17(20)12-21)10-19(3,4)5;/h6-8,16-17H,9-12,20H2,1-5H3;1H/t16-,17-;/m1./s1. The molecule has 0 radical (unpaired) electrons. The molecule has 1 aliphatic rings. The van der Waals surface area contributed by atoms with Crippen LogP contribution in [0.5, 0.6) is 0 Å². The smallest absolute Gasteiger partial charge is 0.227 e. The molecule has 0 spiro atoms. The molecule has 0 aliphatic carbocycles. The van der Waals surface area contributed by atoms with Crippen molar-refractivity contribution in [3.8, 4) is 0 Å². The van der Waals surface area contributed by atoms with Crippen LogP contribution in [0.3, 0.4) is 0 Å². The Labute approximate surface area is 147 Å². The van der Waals surface area contributed by atoms with E-state index in [1.54, 1.807) is 0 Å². The van der Waals surface area contributed by atoms with E-state index in [1.807, 2.05) is 4.90 Å². The Hall–Kier alpha value is -1.06. The second kappa shape index (κ2) is 7.67. The molecule has 0 unspecified atom stereocenters. The first-order chi connectivity index (χ1) is 10.1. The summed E-state index contributed by atoms with van der Waals surface area (Å²) in [6, 6.07) is 6.46. The van der Waals surface area contributed by atoms with Gasteiger partial charge in [-0.25, -0.2) is 0 Å². The second-order valence-corrected chi connectivity index (χ2v) is 8.16. The van der Waals surface area contributed by atoms with Crippen molar-refractivity contribution in [3.05, 3.63) is 34.9 Å². The second-order valence-electron chi connectivity index (χ2n) is 8.16. The third kappa shape index (κ3) is 5.82. The summed E-state index contributed by atoms with van der Waals surface area (Å²) in [5.41, 5.74) is 10.1. The molecule has 2 atom stereocenters. The van der Waals surface area contributed by atoms with Gasteiger partial charge in [0.1, 0.15) is 0 Å². The normalized spacial score (nSPS) is 21.2. The van der Waals surface area contributed by atoms with E-state index in [0.717, 1.165) is 18.5 Å². The average molecular weight is 339 g/mol. The van der Waals surface area contributed by atoms with Crippen molar-refractivity contribution in [3.63, 3.8) is 0 Å². The molecule has 1 aromatic rings. The van der Waals surface area contributed by atoms with E-state index in [9.17, 15) is 4.79 Å². The Morgan fingerprint density at radius 2 is 1.74 bits per heavy atom. The minimum absolute atomic E-state index is 0. The molecule has 2 N–H and O–H groups in total. The largest absolute Gasteiger partial charge is 0.341 e. The zero-order valence-corrected chi connectivity index (χ0v) is 15.9. The number of nitrogens with zero attached hydrogens (tertiary/aromatic N) is 1. The number of rotatable bonds is 3. The zero-order chi connectivity index (χ0) is 16.5. The maximum absolute atomic E-state index is 12.6. The molecule has 1 amide bonds. The highest BCUT2D eigenvalue weighted by Gasteiger charge is 2.34. The first-order valence-corrected chi connectivity index (χ1v) is 8.24. The van der Waals surface area contributed by atoms with Gasteiger partial charge in [0.15, 0.2) is 0 Å². The molecule has 2 rings (SSSR count). The number of likely N-dealkylation sites (tertiary alicyclic amines) is 1. The molecule has 1 aliphatic heterocycles. The summed E-state index contributed by atoms with van der Waals surface area (Å²) in [5.74, 6) is 0.625. The van der Waals surface area contributed by atoms with Gasteiger partial charge in [-0.3, -0.25) is 4.79 Å². The zero-order valence-electron chi connectivity index (χ0n) is 15.1. The van der Waals surface area contributed by atoms with Gasteiger partial charge in [-0.05, 0) is 37.2 Å². The van der Waals surface area contributed by atoms with Crippen LogP contribution in [-0.2, 0) is 11.2 Å². The van der Waals surface area contributed by atoms with Gasteiger partial charge in [-0.1, -0.05) is 50.1 Å². The summed E-state index contributed by atoms with van der Waals surface area (Å²) in [4.78, 5) is 14.5. The van der Waals surface area contributed by atoms with Crippen LogP contribution in [0.15, 0.2) is 18.2 Å². The Morgan fingerprint density at radius 3 is 2.26 bits per heavy atom. The molecule has 0 aromatic heterocycles. The lowest BCUT2D eigenvalue weighted by atomic mass is 9.83. The highest BCUT2D eigenvalue weighted by molar-refractivity contribution is 5.85. The van der Waals surface area contributed by atoms with Crippen molar-refractivity contribution in [2.45, 2.75) is 53.5 Å². The lowest BCUT2D eigenvalue weighted by molar-refractivity contribution is -0.129. The van der Waals surface area contributed by atoms with Gasteiger partial charge >= 0.3 is 0 Å². The van der Waals surface area contributed by atoms with Crippen molar-refractivity contribution in [1.29, 1.82) is 0 Å². The molecule has 3 nitrogen and oxygen atoms in total. The van der Waals surface area contributed by atoms with E-state index < -0.39 is 0 Å². The minimum Gasteiger partial charge on any atom is -0.341 e. The molecule has 1 fully saturated rings. The number of halogens is 1. The van der Waals surface area contributed by atoms with Crippen LogP contribution in [0, 0.1) is 25.2 Å². The van der Waals surface area contributed by atoms with Gasteiger partial charge in [0, 0.05) is 19.1 Å². The summed E-state index contributed by atoms with van der Waals surface area (Å²) in [5, 5.41) is 0. The molecule has 1 saturated heterocycles. The van der Waals surface area contributed by atoms with Crippen LogP contribution in [0.4, 0.5) is 0 Å². The molecule has 1 heterocycles. The summed E-state index contributed by atoms with van der Waals surface area (Å²) in [6.45, 7) is 12.4. The molecular formula is C19H31ClN2O. The van der Waals surface area contributed by atoms with Crippen LogP contribution in [0.25, 0.3) is 0 Å². The fourth-order valence-corrected chi connectivity index (χ4v) is 3.56. The van der Waals surface area contributed by atoms with Gasteiger partial charge in [-0.2, -0.15) is 0 Å². The number of benzene rings is 1.